The summed E-state index contributed by atoms with van der Waals surface area (Å²) in [6.07, 6.45) is 0.505. The zero-order valence-electron chi connectivity index (χ0n) is 22.7. The van der Waals surface area contributed by atoms with Crippen LogP contribution in [0.1, 0.15) is 110 Å². The van der Waals surface area contributed by atoms with Crippen molar-refractivity contribution in [2.75, 3.05) is 0 Å². The second-order valence-corrected chi connectivity index (χ2v) is 14.6. The van der Waals surface area contributed by atoms with Crippen LogP contribution in [0, 0.1) is 0 Å². The maximum atomic E-state index is 13.3. The van der Waals surface area contributed by atoms with Crippen LogP contribution >= 0.6 is 7.82 Å². The lowest BCUT2D eigenvalue weighted by atomic mass is 9.77. The first-order chi connectivity index (χ1) is 15.1. The molecule has 0 fully saturated rings. The molecule has 0 spiro atoms. The maximum Gasteiger partial charge on any atom is 0.584 e. The lowest BCUT2D eigenvalue weighted by Crippen LogP contribution is -2.31. The van der Waals surface area contributed by atoms with Crippen LogP contribution in [0.25, 0.3) is 0 Å². The van der Waals surface area contributed by atoms with Gasteiger partial charge in [-0.25, -0.2) is 4.57 Å². The van der Waals surface area contributed by atoms with Crippen molar-refractivity contribution in [1.29, 1.82) is 0 Å². The van der Waals surface area contributed by atoms with Gasteiger partial charge < -0.3 is 14.8 Å². The van der Waals surface area contributed by atoms with Gasteiger partial charge >= 0.3 is 7.82 Å². The van der Waals surface area contributed by atoms with Crippen molar-refractivity contribution in [2.24, 2.45) is 5.73 Å². The van der Waals surface area contributed by atoms with Crippen LogP contribution in [0.2, 0.25) is 0 Å². The average molecular weight is 488 g/mol. The van der Waals surface area contributed by atoms with Crippen molar-refractivity contribution in [3.8, 4) is 11.5 Å². The van der Waals surface area contributed by atoms with Crippen LogP contribution < -0.4 is 14.8 Å². The summed E-state index contributed by atoms with van der Waals surface area (Å²) >= 11 is 0. The molecular formula is C28H42NO4P. The van der Waals surface area contributed by atoms with Crippen molar-refractivity contribution in [3.63, 3.8) is 0 Å². The van der Waals surface area contributed by atoms with E-state index in [2.05, 4.69) is 80.5 Å². The van der Waals surface area contributed by atoms with E-state index in [1.165, 1.54) is 0 Å². The first-order valence-electron chi connectivity index (χ1n) is 12.0. The molecule has 3 rings (SSSR count). The van der Waals surface area contributed by atoms with Gasteiger partial charge in [0.15, 0.2) is 0 Å². The molecule has 1 aliphatic heterocycles. The van der Waals surface area contributed by atoms with Crippen molar-refractivity contribution >= 4 is 7.82 Å². The van der Waals surface area contributed by atoms with Crippen molar-refractivity contribution in [3.05, 3.63) is 57.6 Å². The Bertz CT molecular complexity index is 1070. The van der Waals surface area contributed by atoms with E-state index in [4.69, 9.17) is 14.8 Å². The fraction of sp³-hybridized carbons (Fsp3) is 0.571. The van der Waals surface area contributed by atoms with Gasteiger partial charge in [0, 0.05) is 23.1 Å². The summed E-state index contributed by atoms with van der Waals surface area (Å²) in [5.41, 5.74) is 10.8. The highest BCUT2D eigenvalue weighted by Crippen LogP contribution is 2.54. The van der Waals surface area contributed by atoms with Gasteiger partial charge in [0.1, 0.15) is 11.5 Å². The van der Waals surface area contributed by atoms with E-state index in [1.807, 2.05) is 19.9 Å². The fourth-order valence-corrected chi connectivity index (χ4v) is 5.14. The Morgan fingerprint density at radius 2 is 1.09 bits per heavy atom. The van der Waals surface area contributed by atoms with Crippen molar-refractivity contribution in [1.82, 2.24) is 0 Å². The Morgan fingerprint density at radius 1 is 0.706 bits per heavy atom. The molecule has 5 nitrogen and oxygen atoms in total. The molecular weight excluding hydrogens is 445 g/mol. The molecule has 1 unspecified atom stereocenters. The topological polar surface area (TPSA) is 81.8 Å². The number of benzene rings is 2. The van der Waals surface area contributed by atoms with E-state index in [0.717, 1.165) is 27.8 Å². The third kappa shape index (κ3) is 5.53. The Labute approximate surface area is 205 Å². The first-order valence-corrected chi connectivity index (χ1v) is 13.5. The molecule has 0 saturated carbocycles. The second kappa shape index (κ2) is 8.11. The summed E-state index contributed by atoms with van der Waals surface area (Å²) in [6.45, 7) is 23.0. The standard InChI is InChI=1S/C28H42NO4P/c1-25(2,3)19-13-17-12-18-14-20(26(4,5)6)16-22(28(10,11)29)24(18)33-34(30,31)32-23(17)21(15-19)27(7,8)9/h13-16H,12,29H2,1-11H3,(H,30,31). The molecule has 2 aromatic carbocycles. The summed E-state index contributed by atoms with van der Waals surface area (Å²) < 4.78 is 24.9. The third-order valence-corrected chi connectivity index (χ3v) is 7.19. The summed E-state index contributed by atoms with van der Waals surface area (Å²) in [7, 11) is -4.48. The number of hydrogen-bond acceptors (Lipinski definition) is 4. The Morgan fingerprint density at radius 3 is 1.44 bits per heavy atom. The highest BCUT2D eigenvalue weighted by atomic mass is 31.2. The predicted molar refractivity (Wildman–Crippen MR) is 140 cm³/mol. The molecule has 3 N–H and O–H groups in total. The van der Waals surface area contributed by atoms with Gasteiger partial charge in [-0.1, -0.05) is 80.5 Å². The number of phosphoric ester groups is 1. The van der Waals surface area contributed by atoms with E-state index in [9.17, 15) is 9.46 Å². The SMILES string of the molecule is CC(C)(C)c1cc2c(c(C(C)(C)C)c1)OP(=O)(O)Oc1c(cc(C(C)(C)C)cc1C(C)(C)N)C2. The Kier molecular flexibility index (Phi) is 6.39. The second-order valence-electron chi connectivity index (χ2n) is 13.3. The molecule has 0 aromatic heterocycles. The number of phosphoric acid groups is 1. The van der Waals surface area contributed by atoms with Gasteiger partial charge in [-0.05, 0) is 58.4 Å². The largest absolute Gasteiger partial charge is 0.584 e. The van der Waals surface area contributed by atoms with Gasteiger partial charge in [0.25, 0.3) is 0 Å². The van der Waals surface area contributed by atoms with E-state index >= 15 is 0 Å². The molecule has 1 atom stereocenters. The van der Waals surface area contributed by atoms with Crippen LogP contribution in [0.3, 0.4) is 0 Å². The predicted octanol–water partition coefficient (Wildman–Crippen LogP) is 7.24. The number of rotatable bonds is 1. The summed E-state index contributed by atoms with van der Waals surface area (Å²) in [5.74, 6) is 0.780. The highest BCUT2D eigenvalue weighted by molar-refractivity contribution is 7.48. The Hall–Kier alpha value is -1.81. The zero-order valence-corrected chi connectivity index (χ0v) is 23.6. The molecule has 6 heteroatoms. The Balaban J connectivity index is 2.43. The quantitative estimate of drug-likeness (QED) is 0.415. The van der Waals surface area contributed by atoms with Crippen molar-refractivity contribution < 1.29 is 18.5 Å². The van der Waals surface area contributed by atoms with Crippen LogP contribution in [-0.4, -0.2) is 4.89 Å². The van der Waals surface area contributed by atoms with Gasteiger partial charge in [-0.2, -0.15) is 0 Å². The minimum absolute atomic E-state index is 0.0999. The molecule has 0 bridgehead atoms. The number of nitrogens with two attached hydrogens (primary N) is 1. The van der Waals surface area contributed by atoms with Crippen LogP contribution in [0.4, 0.5) is 0 Å². The highest BCUT2D eigenvalue weighted by Gasteiger charge is 2.38. The van der Waals surface area contributed by atoms with E-state index < -0.39 is 13.4 Å². The fourth-order valence-electron chi connectivity index (χ4n) is 4.21. The molecule has 0 amide bonds. The summed E-state index contributed by atoms with van der Waals surface area (Å²) in [4.78, 5) is 10.9. The monoisotopic (exact) mass is 487 g/mol. The van der Waals surface area contributed by atoms with E-state index in [0.29, 0.717) is 23.5 Å². The minimum atomic E-state index is -4.48. The zero-order chi connectivity index (χ0) is 26.1. The third-order valence-electron chi connectivity index (χ3n) is 6.36. The van der Waals surface area contributed by atoms with Crippen molar-refractivity contribution in [2.45, 2.75) is 104 Å². The first kappa shape index (κ1) is 26.8. The molecule has 34 heavy (non-hydrogen) atoms. The van der Waals surface area contributed by atoms with Crippen LogP contribution in [0.15, 0.2) is 24.3 Å². The molecule has 0 saturated heterocycles. The maximum absolute atomic E-state index is 13.3. The van der Waals surface area contributed by atoms with Gasteiger partial charge in [-0.15, -0.1) is 0 Å². The van der Waals surface area contributed by atoms with E-state index in [1.54, 1.807) is 0 Å². The molecule has 1 aliphatic rings. The molecule has 0 aliphatic carbocycles. The van der Waals surface area contributed by atoms with Gasteiger partial charge in [-0.3, -0.25) is 4.89 Å². The molecule has 0 radical (unpaired) electrons. The minimum Gasteiger partial charge on any atom is -0.395 e. The number of fused-ring (bicyclic) bond motifs is 2. The van der Waals surface area contributed by atoms with Gasteiger partial charge in [0.2, 0.25) is 0 Å². The smallest absolute Gasteiger partial charge is 0.395 e. The van der Waals surface area contributed by atoms with Gasteiger partial charge in [0.05, 0.1) is 0 Å². The summed E-state index contributed by atoms with van der Waals surface area (Å²) in [6, 6.07) is 8.28. The number of hydrogen-bond donors (Lipinski definition) is 2. The lowest BCUT2D eigenvalue weighted by molar-refractivity contribution is 0.281. The van der Waals surface area contributed by atoms with Crippen LogP contribution in [0.5, 0.6) is 11.5 Å². The normalized spacial score (nSPS) is 19.3. The van der Waals surface area contributed by atoms with E-state index in [-0.39, 0.29) is 16.2 Å². The molecule has 1 heterocycles. The molecule has 2 aromatic rings. The lowest BCUT2D eigenvalue weighted by Gasteiger charge is -2.33. The average Bonchev–Trinajstić information content (AvgIpc) is 2.58. The van der Waals surface area contributed by atoms with Crippen LogP contribution in [-0.2, 0) is 32.8 Å². The molecule has 188 valence electrons. The summed E-state index contributed by atoms with van der Waals surface area (Å²) in [5, 5.41) is 0.